The maximum Gasteiger partial charge on any atom is 0.222 e. The number of nitrogens with one attached hydrogen (secondary N) is 1. The van der Waals surface area contributed by atoms with Gasteiger partial charge in [-0.05, 0) is 30.0 Å². The summed E-state index contributed by atoms with van der Waals surface area (Å²) in [6.07, 6.45) is 6.56. The van der Waals surface area contributed by atoms with Gasteiger partial charge in [-0.15, -0.1) is 11.3 Å². The molecule has 1 saturated heterocycles. The van der Waals surface area contributed by atoms with E-state index in [1.165, 1.54) is 11.3 Å². The smallest absolute Gasteiger partial charge is 0.222 e. The second kappa shape index (κ2) is 10.9. The number of pyridine rings is 1. The van der Waals surface area contributed by atoms with Gasteiger partial charge in [-0.1, -0.05) is 36.8 Å². The second-order valence-corrected chi connectivity index (χ2v) is 15.2. The molecule has 12 heteroatoms. The number of fused-ring (bicyclic) bond motifs is 1. The zero-order valence-corrected chi connectivity index (χ0v) is 23.8. The molecule has 3 N–H and O–H groups in total. The number of anilines is 2. The van der Waals surface area contributed by atoms with Gasteiger partial charge in [0, 0.05) is 54.8 Å². The number of nitrogens with two attached hydrogens (primary N) is 1. The molecule has 1 saturated carbocycles. The first kappa shape index (κ1) is 26.3. The van der Waals surface area contributed by atoms with Crippen LogP contribution in [0.25, 0.3) is 32.6 Å². The number of aromatic nitrogens is 3. The van der Waals surface area contributed by atoms with Crippen LogP contribution in [-0.2, 0) is 20.6 Å². The normalized spacial score (nSPS) is 18.6. The van der Waals surface area contributed by atoms with E-state index in [1.54, 1.807) is 12.4 Å². The van der Waals surface area contributed by atoms with Gasteiger partial charge in [0.2, 0.25) is 5.95 Å². The van der Waals surface area contributed by atoms with Gasteiger partial charge < -0.3 is 11.1 Å². The van der Waals surface area contributed by atoms with Crippen LogP contribution in [0.15, 0.2) is 53.0 Å². The Morgan fingerprint density at radius 2 is 1.79 bits per heavy atom. The lowest BCUT2D eigenvalue weighted by Gasteiger charge is -2.26. The molecular formula is C27H30N6O3S3. The van der Waals surface area contributed by atoms with E-state index in [1.807, 2.05) is 36.4 Å². The number of hydrogen-bond acceptors (Lipinski definition) is 10. The Balaban J connectivity index is 1.25. The van der Waals surface area contributed by atoms with E-state index >= 15 is 0 Å². The summed E-state index contributed by atoms with van der Waals surface area (Å²) in [6.45, 7) is 2.47. The molecule has 2 aliphatic rings. The average molecular weight is 583 g/mol. The van der Waals surface area contributed by atoms with Crippen LogP contribution >= 0.6 is 11.3 Å². The standard InChI is InChI=1S/C27H30N6O3S3/c28-24-23-21(18-5-2-1-3-6-18)15-22(32-25(23)37-26(24)38(34)20-7-4-8-20)19-16-30-27(31-17-19)29-9-10-33-11-13-39(35,36)14-12-33/h1-3,5-6,15-17,20H,4,7-14,28H2,(H,29,30,31). The highest BCUT2D eigenvalue weighted by atomic mass is 32.2. The first-order valence-electron chi connectivity index (χ1n) is 13.1. The van der Waals surface area contributed by atoms with Gasteiger partial charge in [-0.2, -0.15) is 0 Å². The predicted octanol–water partition coefficient (Wildman–Crippen LogP) is 3.80. The van der Waals surface area contributed by atoms with Crippen molar-refractivity contribution in [3.8, 4) is 22.4 Å². The van der Waals surface area contributed by atoms with Gasteiger partial charge in [-0.25, -0.2) is 23.4 Å². The summed E-state index contributed by atoms with van der Waals surface area (Å²) in [6, 6.07) is 12.0. The largest absolute Gasteiger partial charge is 0.396 e. The van der Waals surface area contributed by atoms with Crippen molar-refractivity contribution >= 4 is 53.8 Å². The summed E-state index contributed by atoms with van der Waals surface area (Å²) >= 11 is 1.42. The third-order valence-electron chi connectivity index (χ3n) is 7.38. The first-order chi connectivity index (χ1) is 18.9. The minimum absolute atomic E-state index is 0.177. The third kappa shape index (κ3) is 5.56. The molecule has 9 nitrogen and oxygen atoms in total. The summed E-state index contributed by atoms with van der Waals surface area (Å²) in [5, 5.41) is 4.25. The molecule has 0 amide bonds. The van der Waals surface area contributed by atoms with Crippen molar-refractivity contribution in [2.45, 2.75) is 28.7 Å². The van der Waals surface area contributed by atoms with E-state index in [9.17, 15) is 12.6 Å². The Labute approximate surface area is 234 Å². The molecule has 2 fully saturated rings. The van der Waals surface area contributed by atoms with Gasteiger partial charge in [0.1, 0.15) is 9.04 Å². The van der Waals surface area contributed by atoms with Gasteiger partial charge in [0.25, 0.3) is 0 Å². The number of hydrogen-bond donors (Lipinski definition) is 2. The molecule has 1 atom stereocenters. The molecule has 6 rings (SSSR count). The molecule has 1 aliphatic heterocycles. The van der Waals surface area contributed by atoms with Gasteiger partial charge in [0.05, 0.1) is 33.7 Å². The lowest BCUT2D eigenvalue weighted by molar-refractivity contribution is 0.307. The number of thiophene rings is 1. The maximum atomic E-state index is 13.2. The molecule has 0 spiro atoms. The van der Waals surface area contributed by atoms with Gasteiger partial charge in [0.15, 0.2) is 9.84 Å². The Hall–Kier alpha value is -2.93. The number of nitrogen functional groups attached to an aromatic ring is 1. The van der Waals surface area contributed by atoms with Crippen molar-refractivity contribution in [1.29, 1.82) is 0 Å². The van der Waals surface area contributed by atoms with E-state index in [0.717, 1.165) is 62.6 Å². The minimum Gasteiger partial charge on any atom is -0.396 e. The Morgan fingerprint density at radius 1 is 1.08 bits per heavy atom. The zero-order chi connectivity index (χ0) is 27.0. The van der Waals surface area contributed by atoms with Crippen molar-refractivity contribution in [2.75, 3.05) is 48.7 Å². The summed E-state index contributed by atoms with van der Waals surface area (Å²) in [4.78, 5) is 16.8. The van der Waals surface area contributed by atoms with Crippen molar-refractivity contribution in [3.63, 3.8) is 0 Å². The fourth-order valence-corrected chi connectivity index (χ4v) is 9.32. The predicted molar refractivity (Wildman–Crippen MR) is 158 cm³/mol. The summed E-state index contributed by atoms with van der Waals surface area (Å²) in [5.41, 5.74) is 10.7. The van der Waals surface area contributed by atoms with Crippen LogP contribution in [0.4, 0.5) is 11.6 Å². The van der Waals surface area contributed by atoms with E-state index in [2.05, 4.69) is 20.2 Å². The Kier molecular flexibility index (Phi) is 7.36. The molecule has 4 aromatic rings. The lowest BCUT2D eigenvalue weighted by atomic mass is 10.00. The molecule has 0 radical (unpaired) electrons. The molecule has 3 aromatic heterocycles. The van der Waals surface area contributed by atoms with Crippen LogP contribution in [0.3, 0.4) is 0 Å². The first-order valence-corrected chi connectivity index (χ1v) is 16.9. The van der Waals surface area contributed by atoms with Crippen molar-refractivity contribution in [3.05, 3.63) is 48.8 Å². The van der Waals surface area contributed by atoms with E-state index in [-0.39, 0.29) is 16.8 Å². The van der Waals surface area contributed by atoms with Crippen LogP contribution < -0.4 is 11.1 Å². The minimum atomic E-state index is -2.88. The van der Waals surface area contributed by atoms with Crippen LogP contribution in [-0.4, -0.2) is 75.4 Å². The van der Waals surface area contributed by atoms with Crippen LogP contribution in [0.2, 0.25) is 0 Å². The fraction of sp³-hybridized carbons (Fsp3) is 0.370. The number of sulfone groups is 1. The maximum absolute atomic E-state index is 13.2. The number of rotatable bonds is 8. The molecule has 204 valence electrons. The Morgan fingerprint density at radius 3 is 2.46 bits per heavy atom. The molecule has 4 heterocycles. The third-order valence-corrected chi connectivity index (χ3v) is 12.3. The molecule has 1 aliphatic carbocycles. The van der Waals surface area contributed by atoms with E-state index in [4.69, 9.17) is 10.7 Å². The molecule has 0 bridgehead atoms. The van der Waals surface area contributed by atoms with Crippen molar-refractivity contribution in [1.82, 2.24) is 19.9 Å². The summed E-state index contributed by atoms with van der Waals surface area (Å²) < 4.78 is 37.2. The van der Waals surface area contributed by atoms with E-state index < -0.39 is 20.6 Å². The van der Waals surface area contributed by atoms with Crippen LogP contribution in [0.1, 0.15) is 19.3 Å². The lowest BCUT2D eigenvalue weighted by Crippen LogP contribution is -2.42. The topological polar surface area (TPSA) is 131 Å². The average Bonchev–Trinajstić information content (AvgIpc) is 3.25. The second-order valence-electron chi connectivity index (χ2n) is 9.97. The molecular weight excluding hydrogens is 553 g/mol. The van der Waals surface area contributed by atoms with Crippen LogP contribution in [0, 0.1) is 0 Å². The van der Waals surface area contributed by atoms with Gasteiger partial charge >= 0.3 is 0 Å². The molecule has 1 unspecified atom stereocenters. The summed E-state index contributed by atoms with van der Waals surface area (Å²) in [5.74, 6) is 0.939. The monoisotopic (exact) mass is 582 g/mol. The van der Waals surface area contributed by atoms with E-state index in [0.29, 0.717) is 31.3 Å². The van der Waals surface area contributed by atoms with Crippen molar-refractivity contribution < 1.29 is 12.6 Å². The van der Waals surface area contributed by atoms with Gasteiger partial charge in [-0.3, -0.25) is 9.11 Å². The highest BCUT2D eigenvalue weighted by molar-refractivity contribution is 7.91. The highest BCUT2D eigenvalue weighted by Gasteiger charge is 2.29. The van der Waals surface area contributed by atoms with Crippen molar-refractivity contribution in [2.24, 2.45) is 0 Å². The number of nitrogens with zero attached hydrogens (tertiary/aromatic N) is 4. The quantitative estimate of drug-likeness (QED) is 0.318. The Bertz CT molecular complexity index is 1610. The molecule has 1 aromatic carbocycles. The zero-order valence-electron chi connectivity index (χ0n) is 21.4. The SMILES string of the molecule is Nc1c(S(=O)C2CCC2)sc2nc(-c3cnc(NCCN4CCS(=O)(=O)CC4)nc3)cc(-c3ccccc3)c12. The fourth-order valence-electron chi connectivity index (χ4n) is 4.83. The summed E-state index contributed by atoms with van der Waals surface area (Å²) in [7, 11) is -4.01. The highest BCUT2D eigenvalue weighted by Crippen LogP contribution is 2.44. The molecule has 39 heavy (non-hydrogen) atoms. The van der Waals surface area contributed by atoms with Crippen LogP contribution in [0.5, 0.6) is 0 Å². The number of benzene rings is 1.